The summed E-state index contributed by atoms with van der Waals surface area (Å²) in [5.74, 6) is -1.18. The van der Waals surface area contributed by atoms with Gasteiger partial charge in [-0.05, 0) is 24.3 Å². The minimum absolute atomic E-state index is 0.410. The van der Waals surface area contributed by atoms with E-state index in [0.29, 0.717) is 36.9 Å². The predicted octanol–water partition coefficient (Wildman–Crippen LogP) is 2.63. The van der Waals surface area contributed by atoms with Crippen LogP contribution in [-0.2, 0) is 9.59 Å². The molecule has 1 N–H and O–H groups in total. The van der Waals surface area contributed by atoms with E-state index in [2.05, 4.69) is 10.2 Å². The largest absolute Gasteiger partial charge is 0.368 e. The van der Waals surface area contributed by atoms with E-state index >= 15 is 0 Å². The van der Waals surface area contributed by atoms with Gasteiger partial charge in [0.05, 0.1) is 10.7 Å². The fourth-order valence-corrected chi connectivity index (χ4v) is 2.87. The van der Waals surface area contributed by atoms with E-state index in [4.69, 9.17) is 11.6 Å². The average Bonchev–Trinajstić information content (AvgIpc) is 2.64. The van der Waals surface area contributed by atoms with Crippen LogP contribution in [0.25, 0.3) is 0 Å². The molecule has 1 aliphatic heterocycles. The standard InChI is InChI=1S/C18H18ClN3O2/c19-15-8-4-5-9-16(15)20-17(23)18(24)22-12-10-21(11-13-22)14-6-2-1-3-7-14/h1-9H,10-13H2,(H,20,23). The molecule has 0 radical (unpaired) electrons. The van der Waals surface area contributed by atoms with Crippen molar-refractivity contribution < 1.29 is 9.59 Å². The maximum absolute atomic E-state index is 12.3. The first-order valence-electron chi connectivity index (χ1n) is 7.80. The highest BCUT2D eigenvalue weighted by Crippen LogP contribution is 2.20. The van der Waals surface area contributed by atoms with Crippen molar-refractivity contribution >= 4 is 34.8 Å². The van der Waals surface area contributed by atoms with E-state index in [1.165, 1.54) is 0 Å². The fraction of sp³-hybridized carbons (Fsp3) is 0.222. The lowest BCUT2D eigenvalue weighted by molar-refractivity contribution is -0.143. The predicted molar refractivity (Wildman–Crippen MR) is 95.3 cm³/mol. The molecule has 0 bridgehead atoms. The summed E-state index contributed by atoms with van der Waals surface area (Å²) in [7, 11) is 0. The summed E-state index contributed by atoms with van der Waals surface area (Å²) in [6.07, 6.45) is 0. The van der Waals surface area contributed by atoms with Gasteiger partial charge in [0.25, 0.3) is 0 Å². The third-order valence-corrected chi connectivity index (χ3v) is 4.33. The van der Waals surface area contributed by atoms with Gasteiger partial charge in [0.15, 0.2) is 0 Å². The Kier molecular flexibility index (Phi) is 5.01. The summed E-state index contributed by atoms with van der Waals surface area (Å²) in [6, 6.07) is 16.9. The number of amides is 2. The van der Waals surface area contributed by atoms with Gasteiger partial charge in [-0.1, -0.05) is 41.9 Å². The number of anilines is 2. The second-order valence-electron chi connectivity index (χ2n) is 5.55. The molecule has 0 atom stereocenters. The number of hydrogen-bond acceptors (Lipinski definition) is 3. The maximum atomic E-state index is 12.3. The number of halogens is 1. The van der Waals surface area contributed by atoms with Crippen LogP contribution in [0, 0.1) is 0 Å². The van der Waals surface area contributed by atoms with Crippen LogP contribution in [0.15, 0.2) is 54.6 Å². The molecule has 6 heteroatoms. The molecule has 124 valence electrons. The molecule has 2 aromatic carbocycles. The summed E-state index contributed by atoms with van der Waals surface area (Å²) in [5, 5.41) is 2.98. The van der Waals surface area contributed by atoms with E-state index in [-0.39, 0.29) is 0 Å². The molecule has 1 heterocycles. The van der Waals surface area contributed by atoms with E-state index in [1.54, 1.807) is 29.2 Å². The lowest BCUT2D eigenvalue weighted by Crippen LogP contribution is -2.51. The zero-order valence-corrected chi connectivity index (χ0v) is 13.9. The summed E-state index contributed by atoms with van der Waals surface area (Å²) in [5.41, 5.74) is 1.57. The Balaban J connectivity index is 1.57. The van der Waals surface area contributed by atoms with Crippen molar-refractivity contribution in [3.8, 4) is 0 Å². The Hall–Kier alpha value is -2.53. The summed E-state index contributed by atoms with van der Waals surface area (Å²) >= 11 is 6.00. The molecule has 0 saturated carbocycles. The maximum Gasteiger partial charge on any atom is 0.313 e. The Bertz CT molecular complexity index is 728. The zero-order chi connectivity index (χ0) is 16.9. The summed E-state index contributed by atoms with van der Waals surface area (Å²) in [4.78, 5) is 28.2. The van der Waals surface area contributed by atoms with Crippen molar-refractivity contribution in [2.45, 2.75) is 0 Å². The van der Waals surface area contributed by atoms with Crippen molar-refractivity contribution in [3.05, 3.63) is 59.6 Å². The second-order valence-corrected chi connectivity index (χ2v) is 5.96. The van der Waals surface area contributed by atoms with E-state index in [1.807, 2.05) is 30.3 Å². The SMILES string of the molecule is O=C(Nc1ccccc1Cl)C(=O)N1CCN(c2ccccc2)CC1. The molecular weight excluding hydrogens is 326 g/mol. The van der Waals surface area contributed by atoms with Crippen LogP contribution in [0.1, 0.15) is 0 Å². The number of para-hydroxylation sites is 2. The van der Waals surface area contributed by atoms with Crippen molar-refractivity contribution in [2.75, 3.05) is 36.4 Å². The molecule has 0 spiro atoms. The first-order chi connectivity index (χ1) is 11.6. The Labute approximate surface area is 145 Å². The summed E-state index contributed by atoms with van der Waals surface area (Å²) in [6.45, 7) is 2.44. The van der Waals surface area contributed by atoms with Gasteiger partial charge in [-0.25, -0.2) is 0 Å². The van der Waals surface area contributed by atoms with Crippen LogP contribution in [0.3, 0.4) is 0 Å². The fourth-order valence-electron chi connectivity index (χ4n) is 2.69. The number of nitrogens with one attached hydrogen (secondary N) is 1. The number of rotatable bonds is 2. The minimum Gasteiger partial charge on any atom is -0.368 e. The van der Waals surface area contributed by atoms with E-state index in [9.17, 15) is 9.59 Å². The van der Waals surface area contributed by atoms with Crippen LogP contribution in [0.5, 0.6) is 0 Å². The van der Waals surface area contributed by atoms with E-state index < -0.39 is 11.8 Å². The molecule has 0 aromatic heterocycles. The van der Waals surface area contributed by atoms with Crippen LogP contribution in [-0.4, -0.2) is 42.9 Å². The smallest absolute Gasteiger partial charge is 0.313 e. The molecule has 1 fully saturated rings. The highest BCUT2D eigenvalue weighted by molar-refractivity contribution is 6.41. The normalized spacial score (nSPS) is 14.4. The number of benzene rings is 2. The number of hydrogen-bond donors (Lipinski definition) is 1. The highest BCUT2D eigenvalue weighted by atomic mass is 35.5. The van der Waals surface area contributed by atoms with E-state index in [0.717, 1.165) is 5.69 Å². The van der Waals surface area contributed by atoms with Crippen molar-refractivity contribution in [3.63, 3.8) is 0 Å². The molecule has 2 aromatic rings. The first kappa shape index (κ1) is 16.3. The topological polar surface area (TPSA) is 52.7 Å². The van der Waals surface area contributed by atoms with Crippen LogP contribution in [0.2, 0.25) is 5.02 Å². The molecule has 5 nitrogen and oxygen atoms in total. The molecule has 24 heavy (non-hydrogen) atoms. The number of piperazine rings is 1. The van der Waals surface area contributed by atoms with Crippen molar-refractivity contribution in [2.24, 2.45) is 0 Å². The molecule has 0 unspecified atom stereocenters. The minimum atomic E-state index is -0.656. The van der Waals surface area contributed by atoms with Gasteiger partial charge in [-0.3, -0.25) is 9.59 Å². The van der Waals surface area contributed by atoms with Gasteiger partial charge in [0, 0.05) is 31.9 Å². The summed E-state index contributed by atoms with van der Waals surface area (Å²) < 4.78 is 0. The lowest BCUT2D eigenvalue weighted by Gasteiger charge is -2.35. The number of nitrogens with zero attached hydrogens (tertiary/aromatic N) is 2. The molecular formula is C18H18ClN3O2. The zero-order valence-electron chi connectivity index (χ0n) is 13.1. The third kappa shape index (κ3) is 3.68. The molecule has 1 saturated heterocycles. The molecule has 3 rings (SSSR count). The van der Waals surface area contributed by atoms with Crippen molar-refractivity contribution in [1.82, 2.24) is 4.90 Å². The van der Waals surface area contributed by atoms with Gasteiger partial charge >= 0.3 is 11.8 Å². The third-order valence-electron chi connectivity index (χ3n) is 4.00. The van der Waals surface area contributed by atoms with Crippen LogP contribution < -0.4 is 10.2 Å². The van der Waals surface area contributed by atoms with Crippen LogP contribution in [0.4, 0.5) is 11.4 Å². The highest BCUT2D eigenvalue weighted by Gasteiger charge is 2.26. The monoisotopic (exact) mass is 343 g/mol. The first-order valence-corrected chi connectivity index (χ1v) is 8.18. The van der Waals surface area contributed by atoms with Gasteiger partial charge in [0.1, 0.15) is 0 Å². The van der Waals surface area contributed by atoms with Gasteiger partial charge in [0.2, 0.25) is 0 Å². The average molecular weight is 344 g/mol. The number of carbonyl (C=O) groups excluding carboxylic acids is 2. The Morgan fingerprint density at radius 1 is 0.875 bits per heavy atom. The molecule has 2 amide bonds. The Morgan fingerprint density at radius 2 is 1.50 bits per heavy atom. The number of carbonyl (C=O) groups is 2. The van der Waals surface area contributed by atoms with Gasteiger partial charge < -0.3 is 15.1 Å². The van der Waals surface area contributed by atoms with Gasteiger partial charge in [-0.15, -0.1) is 0 Å². The van der Waals surface area contributed by atoms with Gasteiger partial charge in [-0.2, -0.15) is 0 Å². The van der Waals surface area contributed by atoms with Crippen LogP contribution >= 0.6 is 11.6 Å². The molecule has 0 aliphatic carbocycles. The Morgan fingerprint density at radius 3 is 2.17 bits per heavy atom. The quantitative estimate of drug-likeness (QED) is 0.853. The molecule has 1 aliphatic rings. The lowest BCUT2D eigenvalue weighted by atomic mass is 10.2. The second kappa shape index (κ2) is 7.36. The van der Waals surface area contributed by atoms with Crippen molar-refractivity contribution in [1.29, 1.82) is 0 Å².